The average molecular weight is 578 g/mol. The van der Waals surface area contributed by atoms with Gasteiger partial charge in [0.15, 0.2) is 0 Å². The van der Waals surface area contributed by atoms with E-state index in [1.54, 1.807) is 0 Å². The number of hydrogen-bond acceptors (Lipinski definition) is 2. The molecule has 1 aromatic heterocycles. The van der Waals surface area contributed by atoms with Crippen LogP contribution in [0.15, 0.2) is 164 Å². The topological polar surface area (TPSA) is 3.24 Å². The van der Waals surface area contributed by atoms with Crippen molar-refractivity contribution in [1.82, 2.24) is 0 Å². The average Bonchev–Trinajstić information content (AvgIpc) is 3.46. The van der Waals surface area contributed by atoms with E-state index in [0.717, 1.165) is 17.1 Å². The molecule has 0 fully saturated rings. The fraction of sp³-hybridized carbons (Fsp3) is 0. The molecule has 0 aliphatic carbocycles. The summed E-state index contributed by atoms with van der Waals surface area (Å²) in [4.78, 5) is 2.40. The Bertz CT molecular complexity index is 2430. The first-order valence-corrected chi connectivity index (χ1v) is 15.8. The Morgan fingerprint density at radius 2 is 0.909 bits per heavy atom. The smallest absolute Gasteiger partial charge is 0.0476 e. The summed E-state index contributed by atoms with van der Waals surface area (Å²) in [5.74, 6) is 0. The van der Waals surface area contributed by atoms with Gasteiger partial charge in [0.05, 0.1) is 0 Å². The van der Waals surface area contributed by atoms with Crippen molar-refractivity contribution in [2.45, 2.75) is 0 Å². The van der Waals surface area contributed by atoms with Gasteiger partial charge in [0.25, 0.3) is 0 Å². The van der Waals surface area contributed by atoms with E-state index in [4.69, 9.17) is 0 Å². The lowest BCUT2D eigenvalue weighted by Crippen LogP contribution is -2.09. The van der Waals surface area contributed by atoms with E-state index in [9.17, 15) is 0 Å². The van der Waals surface area contributed by atoms with E-state index in [1.165, 1.54) is 63.6 Å². The number of fused-ring (bicyclic) bond motifs is 7. The van der Waals surface area contributed by atoms with Crippen LogP contribution in [-0.4, -0.2) is 0 Å². The SMILES string of the molecule is c1ccc(-c2cc3c4ccc(N(c5ccc6ccccc6c5)c5ccc6ccccc6c5)cc4sc3c3ccccc23)cc1. The predicted octanol–water partition coefficient (Wildman–Crippen LogP) is 12.7. The quantitative estimate of drug-likeness (QED) is 0.201. The normalized spacial score (nSPS) is 11.6. The summed E-state index contributed by atoms with van der Waals surface area (Å²) in [6, 6.07) is 59.7. The lowest BCUT2D eigenvalue weighted by Gasteiger charge is -2.26. The Hall–Kier alpha value is -5.44. The van der Waals surface area contributed by atoms with Gasteiger partial charge in [-0.15, -0.1) is 11.3 Å². The summed E-state index contributed by atoms with van der Waals surface area (Å²) in [5.41, 5.74) is 5.99. The van der Waals surface area contributed by atoms with E-state index in [-0.39, 0.29) is 0 Å². The van der Waals surface area contributed by atoms with Crippen LogP contribution in [0.3, 0.4) is 0 Å². The second-order valence-corrected chi connectivity index (χ2v) is 12.4. The number of anilines is 3. The van der Waals surface area contributed by atoms with E-state index in [1.807, 2.05) is 11.3 Å². The van der Waals surface area contributed by atoms with Gasteiger partial charge in [0.2, 0.25) is 0 Å². The molecule has 206 valence electrons. The Balaban J connectivity index is 1.28. The van der Waals surface area contributed by atoms with Gasteiger partial charge >= 0.3 is 0 Å². The Morgan fingerprint density at radius 3 is 1.59 bits per heavy atom. The van der Waals surface area contributed by atoms with Crippen LogP contribution in [-0.2, 0) is 0 Å². The van der Waals surface area contributed by atoms with Crippen molar-refractivity contribution in [2.75, 3.05) is 4.90 Å². The van der Waals surface area contributed by atoms with E-state index >= 15 is 0 Å². The molecule has 0 saturated heterocycles. The molecule has 2 heteroatoms. The first-order chi connectivity index (χ1) is 21.8. The van der Waals surface area contributed by atoms with Crippen LogP contribution in [0.2, 0.25) is 0 Å². The van der Waals surface area contributed by atoms with Crippen molar-refractivity contribution < 1.29 is 0 Å². The van der Waals surface area contributed by atoms with Crippen LogP contribution in [0, 0.1) is 0 Å². The zero-order valence-corrected chi connectivity index (χ0v) is 24.8. The number of benzene rings is 8. The Kier molecular flexibility index (Phi) is 5.75. The third-order valence-corrected chi connectivity index (χ3v) is 9.99. The minimum atomic E-state index is 1.15. The molecule has 1 nitrogen and oxygen atoms in total. The molecule has 0 unspecified atom stereocenters. The van der Waals surface area contributed by atoms with Crippen molar-refractivity contribution in [1.29, 1.82) is 0 Å². The van der Waals surface area contributed by atoms with Gasteiger partial charge in [-0.1, -0.05) is 121 Å². The molecule has 0 atom stereocenters. The summed E-state index contributed by atoms with van der Waals surface area (Å²) in [7, 11) is 0. The Labute approximate surface area is 259 Å². The van der Waals surface area contributed by atoms with Crippen LogP contribution in [0.1, 0.15) is 0 Å². The molecule has 0 aliphatic rings. The van der Waals surface area contributed by atoms with Crippen LogP contribution < -0.4 is 4.90 Å². The fourth-order valence-electron chi connectivity index (χ4n) is 6.66. The van der Waals surface area contributed by atoms with Crippen LogP contribution in [0.4, 0.5) is 17.1 Å². The first kappa shape index (κ1) is 25.1. The summed E-state index contributed by atoms with van der Waals surface area (Å²) >= 11 is 1.90. The maximum atomic E-state index is 2.40. The van der Waals surface area contributed by atoms with Gasteiger partial charge < -0.3 is 4.90 Å². The van der Waals surface area contributed by atoms with E-state index in [0.29, 0.717) is 0 Å². The third-order valence-electron chi connectivity index (χ3n) is 8.79. The third kappa shape index (κ3) is 4.07. The standard InChI is InChI=1S/C42H27NS/c1-2-12-30(13-3-1)39-27-40-37-23-22-35(26-41(37)44-42(40)38-17-9-8-16-36(38)39)43(33-20-18-28-10-4-6-14-31(28)24-33)34-21-19-29-11-5-7-15-32(29)25-34/h1-27H. The number of nitrogens with zero attached hydrogens (tertiary/aromatic N) is 1. The molecule has 0 saturated carbocycles. The highest BCUT2D eigenvalue weighted by Crippen LogP contribution is 2.45. The lowest BCUT2D eigenvalue weighted by atomic mass is 9.95. The summed E-state index contributed by atoms with van der Waals surface area (Å²) in [6.45, 7) is 0. The molecule has 0 bridgehead atoms. The van der Waals surface area contributed by atoms with Crippen molar-refractivity contribution in [3.63, 3.8) is 0 Å². The van der Waals surface area contributed by atoms with Crippen molar-refractivity contribution >= 4 is 80.9 Å². The monoisotopic (exact) mass is 577 g/mol. The summed E-state index contributed by atoms with van der Waals surface area (Å²) in [6.07, 6.45) is 0. The first-order valence-electron chi connectivity index (χ1n) is 15.0. The van der Waals surface area contributed by atoms with Crippen molar-refractivity contribution in [2.24, 2.45) is 0 Å². The predicted molar refractivity (Wildman–Crippen MR) is 192 cm³/mol. The van der Waals surface area contributed by atoms with Gasteiger partial charge in [-0.3, -0.25) is 0 Å². The maximum Gasteiger partial charge on any atom is 0.0476 e. The molecular formula is C42H27NS. The highest BCUT2D eigenvalue weighted by Gasteiger charge is 2.18. The van der Waals surface area contributed by atoms with Gasteiger partial charge in [-0.25, -0.2) is 0 Å². The largest absolute Gasteiger partial charge is 0.310 e. The van der Waals surface area contributed by atoms with Crippen LogP contribution in [0.25, 0.3) is 63.6 Å². The number of thiophene rings is 1. The Morgan fingerprint density at radius 1 is 0.364 bits per heavy atom. The molecule has 9 rings (SSSR count). The molecular weight excluding hydrogens is 551 g/mol. The summed E-state index contributed by atoms with van der Waals surface area (Å²) < 4.78 is 2.63. The minimum absolute atomic E-state index is 1.15. The van der Waals surface area contributed by atoms with E-state index in [2.05, 4.69) is 169 Å². The van der Waals surface area contributed by atoms with Gasteiger partial charge in [-0.05, 0) is 80.5 Å². The molecule has 44 heavy (non-hydrogen) atoms. The lowest BCUT2D eigenvalue weighted by molar-refractivity contribution is 1.30. The van der Waals surface area contributed by atoms with Crippen LogP contribution in [0.5, 0.6) is 0 Å². The molecule has 0 spiro atoms. The molecule has 0 amide bonds. The molecule has 9 aromatic rings. The van der Waals surface area contributed by atoms with Gasteiger partial charge in [-0.2, -0.15) is 0 Å². The maximum absolute atomic E-state index is 2.40. The van der Waals surface area contributed by atoms with Crippen molar-refractivity contribution in [3.8, 4) is 11.1 Å². The molecule has 8 aromatic carbocycles. The van der Waals surface area contributed by atoms with E-state index < -0.39 is 0 Å². The number of rotatable bonds is 4. The van der Waals surface area contributed by atoms with Gasteiger partial charge in [0.1, 0.15) is 0 Å². The highest BCUT2D eigenvalue weighted by molar-refractivity contribution is 7.26. The van der Waals surface area contributed by atoms with Crippen molar-refractivity contribution in [3.05, 3.63) is 164 Å². The summed E-state index contributed by atoms with van der Waals surface area (Å²) in [5, 5.41) is 10.2. The second kappa shape index (κ2) is 10.1. The highest BCUT2D eigenvalue weighted by atomic mass is 32.1. The zero-order chi connectivity index (χ0) is 29.0. The number of hydrogen-bond donors (Lipinski definition) is 0. The molecule has 1 heterocycles. The fourth-order valence-corrected chi connectivity index (χ4v) is 7.92. The van der Waals surface area contributed by atoms with Crippen LogP contribution >= 0.6 is 11.3 Å². The van der Waals surface area contributed by atoms with Gasteiger partial charge in [0, 0.05) is 42.6 Å². The molecule has 0 aliphatic heterocycles. The zero-order valence-electron chi connectivity index (χ0n) is 23.9. The molecule has 0 radical (unpaired) electrons. The second-order valence-electron chi connectivity index (χ2n) is 11.4. The molecule has 0 N–H and O–H groups in total. The minimum Gasteiger partial charge on any atom is -0.310 e.